The number of alkyl halides is 3. The van der Waals surface area contributed by atoms with Crippen molar-refractivity contribution >= 4 is 0 Å². The Morgan fingerprint density at radius 1 is 1.37 bits per heavy atom. The van der Waals surface area contributed by atoms with Crippen LogP contribution in [-0.4, -0.2) is 6.61 Å². The van der Waals surface area contributed by atoms with Crippen molar-refractivity contribution in [3.63, 3.8) is 0 Å². The molecule has 1 aromatic rings. The molecule has 1 aromatic carbocycles. The third kappa shape index (κ3) is 4.47. The molecular weight excluding hydrogens is 255 g/mol. The Hall–Kier alpha value is -1.70. The first-order valence-corrected chi connectivity index (χ1v) is 6.12. The van der Waals surface area contributed by atoms with Crippen molar-refractivity contribution in [1.82, 2.24) is 0 Å². The van der Waals surface area contributed by atoms with Crippen LogP contribution in [0.3, 0.4) is 0 Å². The summed E-state index contributed by atoms with van der Waals surface area (Å²) in [5, 5.41) is 8.65. The number of hydrogen-bond donors (Lipinski definition) is 0. The molecule has 0 radical (unpaired) electrons. The molecule has 0 aliphatic heterocycles. The second kappa shape index (κ2) is 6.46. The predicted octanol–water partition coefficient (Wildman–Crippen LogP) is 4.39. The van der Waals surface area contributed by atoms with E-state index < -0.39 is 11.7 Å². The van der Waals surface area contributed by atoms with Crippen molar-refractivity contribution in [2.45, 2.75) is 32.9 Å². The second-order valence-electron chi connectivity index (χ2n) is 4.53. The molecule has 2 nitrogen and oxygen atoms in total. The van der Waals surface area contributed by atoms with Crippen molar-refractivity contribution in [2.75, 3.05) is 6.61 Å². The largest absolute Gasteiger partial charge is 0.493 e. The standard InChI is InChI=1S/C14H16F3NO/c1-3-4-10(2)9-19-13-6-5-11(8-18)7-12(13)14(15,16)17/h5-7,10H,3-4,9H2,1-2H3. The highest BCUT2D eigenvalue weighted by Gasteiger charge is 2.34. The van der Waals surface area contributed by atoms with Gasteiger partial charge in [-0.1, -0.05) is 20.3 Å². The van der Waals surface area contributed by atoms with Crippen LogP contribution in [0.15, 0.2) is 18.2 Å². The lowest BCUT2D eigenvalue weighted by molar-refractivity contribution is -0.139. The highest BCUT2D eigenvalue weighted by Crippen LogP contribution is 2.37. The summed E-state index contributed by atoms with van der Waals surface area (Å²) < 4.78 is 43.8. The zero-order valence-electron chi connectivity index (χ0n) is 10.9. The van der Waals surface area contributed by atoms with Crippen molar-refractivity contribution in [2.24, 2.45) is 5.92 Å². The number of benzene rings is 1. The van der Waals surface area contributed by atoms with Gasteiger partial charge in [0, 0.05) is 0 Å². The van der Waals surface area contributed by atoms with Crippen LogP contribution in [0.2, 0.25) is 0 Å². The molecule has 0 aliphatic rings. The summed E-state index contributed by atoms with van der Waals surface area (Å²) in [4.78, 5) is 0. The van der Waals surface area contributed by atoms with Crippen LogP contribution in [0.25, 0.3) is 0 Å². The summed E-state index contributed by atoms with van der Waals surface area (Å²) in [6.45, 7) is 4.18. The normalized spacial score (nSPS) is 12.8. The van der Waals surface area contributed by atoms with Crippen LogP contribution in [0.1, 0.15) is 37.8 Å². The van der Waals surface area contributed by atoms with Crippen LogP contribution in [0, 0.1) is 17.2 Å². The zero-order valence-corrected chi connectivity index (χ0v) is 10.9. The molecule has 0 N–H and O–H groups in total. The van der Waals surface area contributed by atoms with Gasteiger partial charge in [-0.2, -0.15) is 18.4 Å². The zero-order chi connectivity index (χ0) is 14.5. The summed E-state index contributed by atoms with van der Waals surface area (Å²) >= 11 is 0. The Balaban J connectivity index is 2.91. The number of halogens is 3. The van der Waals surface area contributed by atoms with Gasteiger partial charge < -0.3 is 4.74 Å². The summed E-state index contributed by atoms with van der Waals surface area (Å²) in [5.74, 6) is -0.0174. The topological polar surface area (TPSA) is 33.0 Å². The van der Waals surface area contributed by atoms with Crippen LogP contribution in [0.4, 0.5) is 13.2 Å². The number of hydrogen-bond acceptors (Lipinski definition) is 2. The summed E-state index contributed by atoms with van der Waals surface area (Å²) in [5.41, 5.74) is -0.920. The Kier molecular flexibility index (Phi) is 5.22. The Labute approximate surface area is 110 Å². The Bertz CT molecular complexity index is 463. The molecule has 0 saturated carbocycles. The van der Waals surface area contributed by atoms with Gasteiger partial charge in [0.15, 0.2) is 0 Å². The summed E-state index contributed by atoms with van der Waals surface area (Å²) in [6.07, 6.45) is -2.65. The molecule has 19 heavy (non-hydrogen) atoms. The molecule has 0 heterocycles. The molecule has 0 spiro atoms. The predicted molar refractivity (Wildman–Crippen MR) is 65.7 cm³/mol. The second-order valence-corrected chi connectivity index (χ2v) is 4.53. The minimum atomic E-state index is -4.52. The van der Waals surface area contributed by atoms with Crippen LogP contribution >= 0.6 is 0 Å². The van der Waals surface area contributed by atoms with Gasteiger partial charge >= 0.3 is 6.18 Å². The maximum absolute atomic E-state index is 12.8. The van der Waals surface area contributed by atoms with E-state index in [-0.39, 0.29) is 23.8 Å². The fourth-order valence-electron chi connectivity index (χ4n) is 1.76. The highest BCUT2D eigenvalue weighted by atomic mass is 19.4. The Morgan fingerprint density at radius 2 is 2.05 bits per heavy atom. The monoisotopic (exact) mass is 271 g/mol. The van der Waals surface area contributed by atoms with Gasteiger partial charge in [0.2, 0.25) is 0 Å². The van der Waals surface area contributed by atoms with E-state index in [1.54, 1.807) is 6.07 Å². The van der Waals surface area contributed by atoms with Gasteiger partial charge in [-0.3, -0.25) is 0 Å². The molecule has 0 saturated heterocycles. The number of rotatable bonds is 5. The number of ether oxygens (including phenoxy) is 1. The van der Waals surface area contributed by atoms with Crippen LogP contribution in [-0.2, 0) is 6.18 Å². The first-order chi connectivity index (χ1) is 8.88. The van der Waals surface area contributed by atoms with Crippen molar-refractivity contribution in [1.29, 1.82) is 5.26 Å². The quantitative estimate of drug-likeness (QED) is 0.795. The SMILES string of the molecule is CCCC(C)COc1ccc(C#N)cc1C(F)(F)F. The molecule has 1 atom stereocenters. The molecule has 0 fully saturated rings. The van der Waals surface area contributed by atoms with Gasteiger partial charge in [-0.25, -0.2) is 0 Å². The molecule has 104 valence electrons. The lowest BCUT2D eigenvalue weighted by Crippen LogP contribution is -2.13. The van der Waals surface area contributed by atoms with Crippen molar-refractivity contribution in [3.8, 4) is 11.8 Å². The molecule has 0 aliphatic carbocycles. The van der Waals surface area contributed by atoms with Gasteiger partial charge in [-0.15, -0.1) is 0 Å². The third-order valence-electron chi connectivity index (χ3n) is 2.72. The molecule has 0 amide bonds. The molecule has 0 aromatic heterocycles. The van der Waals surface area contributed by atoms with Gasteiger partial charge in [0.25, 0.3) is 0 Å². The van der Waals surface area contributed by atoms with Gasteiger partial charge in [0.1, 0.15) is 5.75 Å². The van der Waals surface area contributed by atoms with E-state index in [4.69, 9.17) is 10.00 Å². The fourth-order valence-corrected chi connectivity index (χ4v) is 1.76. The third-order valence-corrected chi connectivity index (χ3v) is 2.72. The number of nitrogens with zero attached hydrogens (tertiary/aromatic N) is 1. The van der Waals surface area contributed by atoms with Gasteiger partial charge in [-0.05, 0) is 30.5 Å². The highest BCUT2D eigenvalue weighted by molar-refractivity contribution is 5.43. The van der Waals surface area contributed by atoms with Crippen LogP contribution < -0.4 is 4.74 Å². The maximum Gasteiger partial charge on any atom is 0.420 e. The van der Waals surface area contributed by atoms with E-state index in [0.717, 1.165) is 18.9 Å². The van der Waals surface area contributed by atoms with E-state index in [2.05, 4.69) is 0 Å². The lowest BCUT2D eigenvalue weighted by Gasteiger charge is -2.16. The summed E-state index contributed by atoms with van der Waals surface area (Å²) in [6, 6.07) is 5.05. The Morgan fingerprint density at radius 3 is 2.58 bits per heavy atom. The van der Waals surface area contributed by atoms with E-state index in [9.17, 15) is 13.2 Å². The van der Waals surface area contributed by atoms with Gasteiger partial charge in [0.05, 0.1) is 23.8 Å². The van der Waals surface area contributed by atoms with E-state index in [0.29, 0.717) is 0 Å². The molecule has 0 bridgehead atoms. The van der Waals surface area contributed by atoms with E-state index >= 15 is 0 Å². The smallest absolute Gasteiger partial charge is 0.420 e. The average Bonchev–Trinajstić information content (AvgIpc) is 2.35. The molecule has 5 heteroatoms. The van der Waals surface area contributed by atoms with Crippen molar-refractivity contribution in [3.05, 3.63) is 29.3 Å². The van der Waals surface area contributed by atoms with E-state index in [1.807, 2.05) is 13.8 Å². The van der Waals surface area contributed by atoms with Crippen molar-refractivity contribution < 1.29 is 17.9 Å². The van der Waals surface area contributed by atoms with Crippen LogP contribution in [0.5, 0.6) is 5.75 Å². The first-order valence-electron chi connectivity index (χ1n) is 6.12. The maximum atomic E-state index is 12.8. The molecular formula is C14H16F3NO. The average molecular weight is 271 g/mol. The van der Waals surface area contributed by atoms with E-state index in [1.165, 1.54) is 12.1 Å². The lowest BCUT2D eigenvalue weighted by atomic mass is 10.1. The number of nitriles is 1. The first kappa shape index (κ1) is 15.4. The molecule has 1 rings (SSSR count). The molecule has 1 unspecified atom stereocenters. The fraction of sp³-hybridized carbons (Fsp3) is 0.500. The minimum Gasteiger partial charge on any atom is -0.493 e. The summed E-state index contributed by atoms with van der Waals surface area (Å²) in [7, 11) is 0. The minimum absolute atomic E-state index is 0.0266.